The van der Waals surface area contributed by atoms with E-state index in [9.17, 15) is 15.2 Å². The molecule has 0 aliphatic carbocycles. The number of likely N-dealkylation sites (tertiary alicyclic amines) is 1. The van der Waals surface area contributed by atoms with Crippen LogP contribution in [0.3, 0.4) is 0 Å². The Labute approximate surface area is 103 Å². The molecular weight excluding hydrogens is 216 g/mol. The fourth-order valence-electron chi connectivity index (χ4n) is 2.58. The second-order valence-corrected chi connectivity index (χ2v) is 4.89. The van der Waals surface area contributed by atoms with Crippen molar-refractivity contribution < 1.29 is 9.90 Å². The fourth-order valence-corrected chi connectivity index (χ4v) is 2.58. The number of rotatable bonds is 5. The van der Waals surface area contributed by atoms with Crippen LogP contribution in [0.25, 0.3) is 0 Å². The number of aliphatic hydroxyl groups excluding tert-OH is 1. The predicted octanol–water partition coefficient (Wildman–Crippen LogP) is 1.69. The first kappa shape index (κ1) is 14.0. The lowest BCUT2D eigenvalue weighted by molar-refractivity contribution is -0.139. The third-order valence-corrected chi connectivity index (χ3v) is 3.43. The summed E-state index contributed by atoms with van der Waals surface area (Å²) in [6, 6.07) is 2.24. The summed E-state index contributed by atoms with van der Waals surface area (Å²) in [7, 11) is 0. The van der Waals surface area contributed by atoms with Gasteiger partial charge in [-0.2, -0.15) is 5.26 Å². The number of carbonyl (C=O) groups is 1. The first-order valence-corrected chi connectivity index (χ1v) is 6.48. The van der Waals surface area contributed by atoms with Crippen molar-refractivity contribution in [3.05, 3.63) is 0 Å². The molecule has 1 atom stereocenters. The van der Waals surface area contributed by atoms with E-state index in [-0.39, 0.29) is 5.91 Å². The molecule has 1 saturated heterocycles. The summed E-state index contributed by atoms with van der Waals surface area (Å²) in [6.07, 6.45) is 3.10. The van der Waals surface area contributed by atoms with Gasteiger partial charge in [-0.3, -0.25) is 4.79 Å². The van der Waals surface area contributed by atoms with Crippen LogP contribution in [0.4, 0.5) is 0 Å². The van der Waals surface area contributed by atoms with Gasteiger partial charge in [-0.1, -0.05) is 26.7 Å². The molecule has 0 aromatic rings. The molecule has 1 aliphatic heterocycles. The Morgan fingerprint density at radius 2 is 2.06 bits per heavy atom. The predicted molar refractivity (Wildman–Crippen MR) is 65.1 cm³/mol. The molecule has 1 amide bonds. The van der Waals surface area contributed by atoms with Gasteiger partial charge >= 0.3 is 0 Å². The van der Waals surface area contributed by atoms with Gasteiger partial charge in [0.2, 0.25) is 5.91 Å². The van der Waals surface area contributed by atoms with Crippen molar-refractivity contribution in [2.24, 2.45) is 5.41 Å². The van der Waals surface area contributed by atoms with Crippen LogP contribution < -0.4 is 0 Å². The van der Waals surface area contributed by atoms with E-state index >= 15 is 0 Å². The minimum absolute atomic E-state index is 0.0831. The standard InChI is InChI=1S/C13H22N2O2/c1-3-6-13(10-14,7-4-2)12(17)15-8-5-11(16)9-15/h11,16H,3-9H2,1-2H3. The molecule has 0 spiro atoms. The second kappa shape index (κ2) is 6.02. The highest BCUT2D eigenvalue weighted by Gasteiger charge is 2.41. The van der Waals surface area contributed by atoms with Gasteiger partial charge in [0.05, 0.1) is 12.2 Å². The molecule has 1 unspecified atom stereocenters. The number of aliphatic hydroxyl groups is 1. The maximum Gasteiger partial charge on any atom is 0.243 e. The Morgan fingerprint density at radius 3 is 2.41 bits per heavy atom. The van der Waals surface area contributed by atoms with E-state index in [2.05, 4.69) is 6.07 Å². The summed E-state index contributed by atoms with van der Waals surface area (Å²) in [6.45, 7) is 4.95. The molecular formula is C13H22N2O2. The Hall–Kier alpha value is -1.08. The molecule has 0 radical (unpaired) electrons. The average Bonchev–Trinajstić information content (AvgIpc) is 2.74. The smallest absolute Gasteiger partial charge is 0.243 e. The highest BCUT2D eigenvalue weighted by Crippen LogP contribution is 2.32. The molecule has 4 nitrogen and oxygen atoms in total. The molecule has 1 rings (SSSR count). The molecule has 1 heterocycles. The van der Waals surface area contributed by atoms with Gasteiger partial charge in [0.1, 0.15) is 5.41 Å². The molecule has 4 heteroatoms. The molecule has 0 bridgehead atoms. The van der Waals surface area contributed by atoms with Crippen LogP contribution in [0.5, 0.6) is 0 Å². The van der Waals surface area contributed by atoms with Crippen LogP contribution in [-0.2, 0) is 4.79 Å². The molecule has 1 aliphatic rings. The highest BCUT2D eigenvalue weighted by atomic mass is 16.3. The Bertz CT molecular complexity index is 303. The number of nitrogens with zero attached hydrogens (tertiary/aromatic N) is 2. The third kappa shape index (κ3) is 2.98. The maximum atomic E-state index is 12.4. The molecule has 0 aromatic carbocycles. The zero-order valence-electron chi connectivity index (χ0n) is 10.8. The van der Waals surface area contributed by atoms with Crippen molar-refractivity contribution in [2.45, 2.75) is 52.1 Å². The second-order valence-electron chi connectivity index (χ2n) is 4.89. The summed E-state index contributed by atoms with van der Waals surface area (Å²) >= 11 is 0. The normalized spacial score (nSPS) is 20.4. The average molecular weight is 238 g/mol. The lowest BCUT2D eigenvalue weighted by Gasteiger charge is -2.29. The van der Waals surface area contributed by atoms with Crippen LogP contribution in [-0.4, -0.2) is 35.1 Å². The molecule has 17 heavy (non-hydrogen) atoms. The first-order chi connectivity index (χ1) is 8.09. The fraction of sp³-hybridized carbons (Fsp3) is 0.846. The lowest BCUT2D eigenvalue weighted by atomic mass is 9.79. The molecule has 0 aromatic heterocycles. The lowest BCUT2D eigenvalue weighted by Crippen LogP contribution is -2.42. The van der Waals surface area contributed by atoms with Crippen LogP contribution in [0, 0.1) is 16.7 Å². The van der Waals surface area contributed by atoms with E-state index < -0.39 is 11.5 Å². The highest BCUT2D eigenvalue weighted by molar-refractivity contribution is 5.85. The zero-order valence-corrected chi connectivity index (χ0v) is 10.8. The van der Waals surface area contributed by atoms with Gasteiger partial charge in [0.25, 0.3) is 0 Å². The van der Waals surface area contributed by atoms with Crippen LogP contribution in [0.1, 0.15) is 46.0 Å². The number of hydrogen-bond donors (Lipinski definition) is 1. The number of nitriles is 1. The van der Waals surface area contributed by atoms with Gasteiger partial charge in [0, 0.05) is 13.1 Å². The van der Waals surface area contributed by atoms with Gasteiger partial charge in [-0.05, 0) is 19.3 Å². The largest absolute Gasteiger partial charge is 0.391 e. The van der Waals surface area contributed by atoms with Crippen molar-refractivity contribution in [2.75, 3.05) is 13.1 Å². The summed E-state index contributed by atoms with van der Waals surface area (Å²) in [5.74, 6) is -0.0831. The van der Waals surface area contributed by atoms with E-state index in [1.54, 1.807) is 4.90 Å². The van der Waals surface area contributed by atoms with Crippen LogP contribution >= 0.6 is 0 Å². The summed E-state index contributed by atoms with van der Waals surface area (Å²) in [5, 5.41) is 18.8. The van der Waals surface area contributed by atoms with E-state index in [0.29, 0.717) is 32.4 Å². The van der Waals surface area contributed by atoms with Crippen LogP contribution in [0.2, 0.25) is 0 Å². The zero-order chi connectivity index (χ0) is 12.9. The molecule has 0 saturated carbocycles. The van der Waals surface area contributed by atoms with E-state index in [4.69, 9.17) is 0 Å². The Balaban J connectivity index is 2.82. The van der Waals surface area contributed by atoms with Gasteiger partial charge < -0.3 is 10.0 Å². The van der Waals surface area contributed by atoms with E-state index in [1.165, 1.54) is 0 Å². The minimum atomic E-state index is -0.868. The van der Waals surface area contributed by atoms with Crippen molar-refractivity contribution in [3.63, 3.8) is 0 Å². The van der Waals surface area contributed by atoms with Crippen molar-refractivity contribution in [3.8, 4) is 6.07 Å². The third-order valence-electron chi connectivity index (χ3n) is 3.43. The summed E-state index contributed by atoms with van der Waals surface area (Å²) < 4.78 is 0. The maximum absolute atomic E-state index is 12.4. The monoisotopic (exact) mass is 238 g/mol. The molecule has 1 fully saturated rings. The summed E-state index contributed by atoms with van der Waals surface area (Å²) in [4.78, 5) is 14.1. The van der Waals surface area contributed by atoms with Gasteiger partial charge in [-0.15, -0.1) is 0 Å². The van der Waals surface area contributed by atoms with Crippen LogP contribution in [0.15, 0.2) is 0 Å². The minimum Gasteiger partial charge on any atom is -0.391 e. The Kier molecular flexibility index (Phi) is 4.95. The van der Waals surface area contributed by atoms with Crippen molar-refractivity contribution in [1.29, 1.82) is 5.26 Å². The SMILES string of the molecule is CCCC(C#N)(CCC)C(=O)N1CCC(O)C1. The topological polar surface area (TPSA) is 64.3 Å². The van der Waals surface area contributed by atoms with Gasteiger partial charge in [0.15, 0.2) is 0 Å². The number of carbonyl (C=O) groups excluding carboxylic acids is 1. The summed E-state index contributed by atoms with van der Waals surface area (Å²) in [5.41, 5.74) is -0.868. The van der Waals surface area contributed by atoms with Crippen molar-refractivity contribution >= 4 is 5.91 Å². The molecule has 96 valence electrons. The Morgan fingerprint density at radius 1 is 1.47 bits per heavy atom. The number of amides is 1. The number of hydrogen-bond acceptors (Lipinski definition) is 3. The first-order valence-electron chi connectivity index (χ1n) is 6.48. The van der Waals surface area contributed by atoms with Gasteiger partial charge in [-0.25, -0.2) is 0 Å². The van der Waals surface area contributed by atoms with E-state index in [1.807, 2.05) is 13.8 Å². The molecule has 1 N–H and O–H groups in total. The van der Waals surface area contributed by atoms with Crippen molar-refractivity contribution in [1.82, 2.24) is 4.90 Å². The quantitative estimate of drug-likeness (QED) is 0.792. The van der Waals surface area contributed by atoms with E-state index in [0.717, 1.165) is 12.8 Å². The number of β-amino-alcohol motifs (C(OH)–C–C–N with tert-alkyl or cyclic N) is 1.